The van der Waals surface area contributed by atoms with Crippen LogP contribution in [0.3, 0.4) is 0 Å². The fourth-order valence-electron chi connectivity index (χ4n) is 2.58. The van der Waals surface area contributed by atoms with Crippen molar-refractivity contribution in [2.24, 2.45) is 5.73 Å². The molecule has 1 aromatic carbocycles. The van der Waals surface area contributed by atoms with Crippen LogP contribution in [0, 0.1) is 0 Å². The van der Waals surface area contributed by atoms with Crippen LogP contribution in [0.25, 0.3) is 0 Å². The molecule has 0 spiro atoms. The SMILES string of the molecule is NCCCCCCCNC1CC1c1ccccc1. The molecule has 1 aromatic rings. The number of nitrogens with one attached hydrogen (secondary N) is 1. The summed E-state index contributed by atoms with van der Waals surface area (Å²) < 4.78 is 0. The number of nitrogens with two attached hydrogens (primary N) is 1. The van der Waals surface area contributed by atoms with Gasteiger partial charge in [0.05, 0.1) is 0 Å². The Hall–Kier alpha value is -0.860. The lowest BCUT2D eigenvalue weighted by Gasteiger charge is -2.04. The first-order valence-electron chi connectivity index (χ1n) is 7.40. The molecule has 2 atom stereocenters. The summed E-state index contributed by atoms with van der Waals surface area (Å²) in [5, 5.41) is 3.67. The van der Waals surface area contributed by atoms with Crippen molar-refractivity contribution in [2.75, 3.05) is 13.1 Å². The van der Waals surface area contributed by atoms with Gasteiger partial charge in [0, 0.05) is 12.0 Å². The molecule has 1 aliphatic rings. The number of unbranched alkanes of at least 4 members (excludes halogenated alkanes) is 4. The zero-order valence-corrected chi connectivity index (χ0v) is 11.3. The van der Waals surface area contributed by atoms with Gasteiger partial charge in [-0.25, -0.2) is 0 Å². The van der Waals surface area contributed by atoms with Crippen LogP contribution < -0.4 is 11.1 Å². The highest BCUT2D eigenvalue weighted by molar-refractivity contribution is 5.27. The molecule has 1 fully saturated rings. The summed E-state index contributed by atoms with van der Waals surface area (Å²) in [4.78, 5) is 0. The molecule has 2 unspecified atom stereocenters. The van der Waals surface area contributed by atoms with Crippen LogP contribution in [-0.4, -0.2) is 19.1 Å². The highest BCUT2D eigenvalue weighted by Gasteiger charge is 2.37. The summed E-state index contributed by atoms with van der Waals surface area (Å²) in [5.41, 5.74) is 6.97. The second-order valence-electron chi connectivity index (χ2n) is 5.37. The van der Waals surface area contributed by atoms with Crippen LogP contribution in [0.2, 0.25) is 0 Å². The van der Waals surface area contributed by atoms with E-state index in [-0.39, 0.29) is 0 Å². The molecule has 1 aliphatic carbocycles. The van der Waals surface area contributed by atoms with Crippen molar-refractivity contribution in [3.63, 3.8) is 0 Å². The van der Waals surface area contributed by atoms with Crippen molar-refractivity contribution in [3.05, 3.63) is 35.9 Å². The third-order valence-electron chi connectivity index (χ3n) is 3.81. The molecular weight excluding hydrogens is 220 g/mol. The minimum atomic E-state index is 0.733. The Morgan fingerprint density at radius 2 is 1.72 bits per heavy atom. The lowest BCUT2D eigenvalue weighted by atomic mass is 10.1. The first kappa shape index (κ1) is 13.6. The first-order valence-corrected chi connectivity index (χ1v) is 7.40. The smallest absolute Gasteiger partial charge is 0.0143 e. The van der Waals surface area contributed by atoms with Gasteiger partial charge in [-0.15, -0.1) is 0 Å². The van der Waals surface area contributed by atoms with Crippen molar-refractivity contribution < 1.29 is 0 Å². The van der Waals surface area contributed by atoms with Crippen LogP contribution in [0.1, 0.15) is 50.0 Å². The van der Waals surface area contributed by atoms with Gasteiger partial charge in [0.2, 0.25) is 0 Å². The molecule has 100 valence electrons. The van der Waals surface area contributed by atoms with Gasteiger partial charge in [-0.1, -0.05) is 49.6 Å². The fraction of sp³-hybridized carbons (Fsp3) is 0.625. The van der Waals surface area contributed by atoms with Gasteiger partial charge in [0.15, 0.2) is 0 Å². The van der Waals surface area contributed by atoms with Gasteiger partial charge in [-0.3, -0.25) is 0 Å². The van der Waals surface area contributed by atoms with E-state index in [1.165, 1.54) is 50.6 Å². The Bertz CT molecular complexity index is 323. The van der Waals surface area contributed by atoms with E-state index in [2.05, 4.69) is 35.6 Å². The molecule has 0 amide bonds. The Morgan fingerprint density at radius 1 is 1.00 bits per heavy atom. The maximum atomic E-state index is 5.48. The Balaban J connectivity index is 1.50. The van der Waals surface area contributed by atoms with Gasteiger partial charge >= 0.3 is 0 Å². The quantitative estimate of drug-likeness (QED) is 0.657. The lowest BCUT2D eigenvalue weighted by molar-refractivity contribution is 0.572. The van der Waals surface area contributed by atoms with Gasteiger partial charge in [-0.2, -0.15) is 0 Å². The molecule has 2 rings (SSSR count). The van der Waals surface area contributed by atoms with Crippen molar-refractivity contribution in [3.8, 4) is 0 Å². The van der Waals surface area contributed by atoms with Crippen LogP contribution in [0.4, 0.5) is 0 Å². The van der Waals surface area contributed by atoms with Crippen molar-refractivity contribution >= 4 is 0 Å². The Labute approximate surface area is 111 Å². The predicted molar refractivity (Wildman–Crippen MR) is 77.7 cm³/mol. The van der Waals surface area contributed by atoms with Crippen molar-refractivity contribution in [2.45, 2.75) is 50.5 Å². The number of hydrogen-bond acceptors (Lipinski definition) is 2. The Morgan fingerprint density at radius 3 is 2.50 bits per heavy atom. The summed E-state index contributed by atoms with van der Waals surface area (Å²) in [6.07, 6.45) is 7.79. The third kappa shape index (κ3) is 4.43. The zero-order chi connectivity index (χ0) is 12.6. The summed E-state index contributed by atoms with van der Waals surface area (Å²) in [7, 11) is 0. The first-order chi connectivity index (χ1) is 8.92. The largest absolute Gasteiger partial charge is 0.330 e. The monoisotopic (exact) mass is 246 g/mol. The topological polar surface area (TPSA) is 38.0 Å². The normalized spacial score (nSPS) is 22.1. The summed E-state index contributed by atoms with van der Waals surface area (Å²) in [6, 6.07) is 11.6. The molecule has 0 aliphatic heterocycles. The Kier molecular flexibility index (Phi) is 5.69. The third-order valence-corrected chi connectivity index (χ3v) is 3.81. The van der Waals surface area contributed by atoms with Crippen molar-refractivity contribution in [1.82, 2.24) is 5.32 Å². The maximum Gasteiger partial charge on any atom is 0.0143 e. The van der Waals surface area contributed by atoms with Crippen molar-refractivity contribution in [1.29, 1.82) is 0 Å². The van der Waals surface area contributed by atoms with E-state index in [0.717, 1.165) is 18.5 Å². The second kappa shape index (κ2) is 7.55. The zero-order valence-electron chi connectivity index (χ0n) is 11.3. The fourth-order valence-corrected chi connectivity index (χ4v) is 2.58. The van der Waals surface area contributed by atoms with E-state index in [1.807, 2.05) is 0 Å². The van der Waals surface area contributed by atoms with E-state index >= 15 is 0 Å². The summed E-state index contributed by atoms with van der Waals surface area (Å²) in [6.45, 7) is 2.02. The molecule has 0 aromatic heterocycles. The van der Waals surface area contributed by atoms with Crippen LogP contribution in [0.5, 0.6) is 0 Å². The molecule has 18 heavy (non-hydrogen) atoms. The molecule has 1 saturated carbocycles. The minimum Gasteiger partial charge on any atom is -0.330 e. The van der Waals surface area contributed by atoms with E-state index in [9.17, 15) is 0 Å². The molecule has 0 bridgehead atoms. The summed E-state index contributed by atoms with van der Waals surface area (Å²) in [5.74, 6) is 0.767. The predicted octanol–water partition coefficient (Wildman–Crippen LogP) is 3.04. The second-order valence-corrected chi connectivity index (χ2v) is 5.37. The molecule has 3 N–H and O–H groups in total. The lowest BCUT2D eigenvalue weighted by Crippen LogP contribution is -2.19. The molecule has 2 heteroatoms. The minimum absolute atomic E-state index is 0.733. The van der Waals surface area contributed by atoms with E-state index < -0.39 is 0 Å². The average Bonchev–Trinajstić information content (AvgIpc) is 3.18. The van der Waals surface area contributed by atoms with Gasteiger partial charge in [0.25, 0.3) is 0 Å². The van der Waals surface area contributed by atoms with Crippen LogP contribution >= 0.6 is 0 Å². The number of benzene rings is 1. The molecule has 0 radical (unpaired) electrons. The number of rotatable bonds is 9. The number of hydrogen-bond donors (Lipinski definition) is 2. The van der Waals surface area contributed by atoms with E-state index in [1.54, 1.807) is 0 Å². The highest BCUT2D eigenvalue weighted by Crippen LogP contribution is 2.40. The molecule has 2 nitrogen and oxygen atoms in total. The average molecular weight is 246 g/mol. The highest BCUT2D eigenvalue weighted by atomic mass is 15.0. The van der Waals surface area contributed by atoms with Crippen LogP contribution in [0.15, 0.2) is 30.3 Å². The van der Waals surface area contributed by atoms with E-state index in [4.69, 9.17) is 5.73 Å². The maximum absolute atomic E-state index is 5.48. The standard InChI is InChI=1S/C16H26N2/c17-11-7-2-1-3-8-12-18-16-13-15(16)14-9-5-4-6-10-14/h4-6,9-10,15-16,18H,1-3,7-8,11-13,17H2. The van der Waals surface area contributed by atoms with Crippen LogP contribution in [-0.2, 0) is 0 Å². The van der Waals surface area contributed by atoms with E-state index in [0.29, 0.717) is 0 Å². The van der Waals surface area contributed by atoms with Gasteiger partial charge in [-0.05, 0) is 37.9 Å². The summed E-state index contributed by atoms with van der Waals surface area (Å²) >= 11 is 0. The molecular formula is C16H26N2. The van der Waals surface area contributed by atoms with Gasteiger partial charge in [0.1, 0.15) is 0 Å². The molecule has 0 heterocycles. The van der Waals surface area contributed by atoms with Gasteiger partial charge < -0.3 is 11.1 Å². The molecule has 0 saturated heterocycles.